The summed E-state index contributed by atoms with van der Waals surface area (Å²) in [6.07, 6.45) is 2.23. The van der Waals surface area contributed by atoms with Crippen molar-refractivity contribution in [2.24, 2.45) is 0 Å². The number of nitrogens with zero attached hydrogens (tertiary/aromatic N) is 1. The fourth-order valence-electron chi connectivity index (χ4n) is 2.32. The van der Waals surface area contributed by atoms with Crippen LogP contribution in [0.1, 0.15) is 18.4 Å². The number of β-amino-alcohol motifs (C(OH)–C–C–N with tert-alkyl or cyclic N) is 1. The van der Waals surface area contributed by atoms with Crippen LogP contribution in [0.15, 0.2) is 22.7 Å². The normalized spacial score (nSPS) is 17.9. The molecular formula is C14H21BrN2O. The quantitative estimate of drug-likeness (QED) is 0.877. The Hall–Kier alpha value is -0.580. The van der Waals surface area contributed by atoms with Gasteiger partial charge in [0.05, 0.1) is 6.10 Å². The van der Waals surface area contributed by atoms with Crippen LogP contribution in [0.2, 0.25) is 0 Å². The van der Waals surface area contributed by atoms with Crippen molar-refractivity contribution in [1.82, 2.24) is 4.90 Å². The first kappa shape index (κ1) is 13.8. The third kappa shape index (κ3) is 3.97. The third-order valence-electron chi connectivity index (χ3n) is 3.32. The first-order valence-corrected chi connectivity index (χ1v) is 7.35. The Kier molecular flexibility index (Phi) is 5.03. The molecule has 1 unspecified atom stereocenters. The Morgan fingerprint density at radius 3 is 2.78 bits per heavy atom. The van der Waals surface area contributed by atoms with E-state index in [1.807, 2.05) is 6.07 Å². The predicted molar refractivity (Wildman–Crippen MR) is 79.0 cm³/mol. The number of benzene rings is 1. The van der Waals surface area contributed by atoms with Gasteiger partial charge in [-0.25, -0.2) is 0 Å². The maximum Gasteiger partial charge on any atom is 0.0839 e. The lowest BCUT2D eigenvalue weighted by Crippen LogP contribution is -2.34. The largest absolute Gasteiger partial charge is 0.390 e. The standard InChI is InChI=1S/C14H21BrN2O/c1-11-4-5-14(13(15)8-11)16-9-12(18)10-17-6-2-3-7-17/h4-5,8,12,16,18H,2-3,6-7,9-10H2,1H3. The number of aliphatic hydroxyl groups excluding tert-OH is 1. The molecule has 1 fully saturated rings. The van der Waals surface area contributed by atoms with Gasteiger partial charge in [-0.2, -0.15) is 0 Å². The minimum Gasteiger partial charge on any atom is -0.390 e. The van der Waals surface area contributed by atoms with E-state index >= 15 is 0 Å². The van der Waals surface area contributed by atoms with E-state index < -0.39 is 0 Å². The second-order valence-corrected chi connectivity index (χ2v) is 5.88. The molecule has 3 nitrogen and oxygen atoms in total. The topological polar surface area (TPSA) is 35.5 Å². The molecule has 0 radical (unpaired) electrons. The monoisotopic (exact) mass is 312 g/mol. The van der Waals surface area contributed by atoms with Crippen molar-refractivity contribution < 1.29 is 5.11 Å². The zero-order valence-electron chi connectivity index (χ0n) is 10.8. The Labute approximate surface area is 117 Å². The van der Waals surface area contributed by atoms with Gasteiger partial charge < -0.3 is 15.3 Å². The van der Waals surface area contributed by atoms with E-state index in [9.17, 15) is 5.11 Å². The van der Waals surface area contributed by atoms with Crippen molar-refractivity contribution in [3.8, 4) is 0 Å². The zero-order chi connectivity index (χ0) is 13.0. The van der Waals surface area contributed by atoms with Crippen LogP contribution in [0.3, 0.4) is 0 Å². The number of aliphatic hydroxyl groups is 1. The van der Waals surface area contributed by atoms with Crippen LogP contribution >= 0.6 is 15.9 Å². The Morgan fingerprint density at radius 1 is 1.39 bits per heavy atom. The predicted octanol–water partition coefficient (Wildman–Crippen LogP) is 2.63. The number of halogens is 1. The summed E-state index contributed by atoms with van der Waals surface area (Å²) in [6.45, 7) is 5.70. The van der Waals surface area contributed by atoms with Gasteiger partial charge in [0.25, 0.3) is 0 Å². The van der Waals surface area contributed by atoms with Crippen molar-refractivity contribution in [2.45, 2.75) is 25.9 Å². The highest BCUT2D eigenvalue weighted by Gasteiger charge is 2.15. The Balaban J connectivity index is 1.79. The van der Waals surface area contributed by atoms with Gasteiger partial charge in [-0.15, -0.1) is 0 Å². The minimum absolute atomic E-state index is 0.309. The molecule has 0 spiro atoms. The molecule has 100 valence electrons. The van der Waals surface area contributed by atoms with Gasteiger partial charge in [0.2, 0.25) is 0 Å². The molecule has 4 heteroatoms. The number of likely N-dealkylation sites (tertiary alicyclic amines) is 1. The highest BCUT2D eigenvalue weighted by Crippen LogP contribution is 2.23. The summed E-state index contributed by atoms with van der Waals surface area (Å²) in [4.78, 5) is 2.33. The van der Waals surface area contributed by atoms with E-state index in [0.717, 1.165) is 29.8 Å². The lowest BCUT2D eigenvalue weighted by Gasteiger charge is -2.20. The zero-order valence-corrected chi connectivity index (χ0v) is 12.4. The van der Waals surface area contributed by atoms with E-state index in [0.29, 0.717) is 6.54 Å². The van der Waals surface area contributed by atoms with Crippen LogP contribution in [0.25, 0.3) is 0 Å². The van der Waals surface area contributed by atoms with Gasteiger partial charge in [-0.3, -0.25) is 0 Å². The second-order valence-electron chi connectivity index (χ2n) is 5.03. The average molecular weight is 313 g/mol. The smallest absolute Gasteiger partial charge is 0.0839 e. The Bertz CT molecular complexity index is 391. The summed E-state index contributed by atoms with van der Waals surface area (Å²) < 4.78 is 1.05. The number of anilines is 1. The van der Waals surface area contributed by atoms with Crippen molar-refractivity contribution in [3.63, 3.8) is 0 Å². The molecule has 1 aromatic carbocycles. The number of rotatable bonds is 5. The molecule has 2 rings (SSSR count). The van der Waals surface area contributed by atoms with E-state index in [1.165, 1.54) is 18.4 Å². The van der Waals surface area contributed by atoms with Gasteiger partial charge in [-0.1, -0.05) is 6.07 Å². The third-order valence-corrected chi connectivity index (χ3v) is 3.98. The molecule has 1 aliphatic rings. The number of nitrogens with one attached hydrogen (secondary N) is 1. The molecule has 1 aliphatic heterocycles. The SMILES string of the molecule is Cc1ccc(NCC(O)CN2CCCC2)c(Br)c1. The fourth-order valence-corrected chi connectivity index (χ4v) is 2.95. The van der Waals surface area contributed by atoms with Gasteiger partial charge in [0, 0.05) is 23.2 Å². The van der Waals surface area contributed by atoms with Gasteiger partial charge in [0.1, 0.15) is 0 Å². The maximum atomic E-state index is 10.00. The molecule has 0 amide bonds. The highest BCUT2D eigenvalue weighted by atomic mass is 79.9. The van der Waals surface area contributed by atoms with Gasteiger partial charge >= 0.3 is 0 Å². The first-order chi connectivity index (χ1) is 8.65. The summed E-state index contributed by atoms with van der Waals surface area (Å²) >= 11 is 3.53. The molecule has 18 heavy (non-hydrogen) atoms. The van der Waals surface area contributed by atoms with Gasteiger partial charge in [-0.05, 0) is 66.5 Å². The van der Waals surface area contributed by atoms with Crippen LogP contribution in [-0.4, -0.2) is 42.3 Å². The van der Waals surface area contributed by atoms with E-state index in [-0.39, 0.29) is 6.10 Å². The van der Waals surface area contributed by atoms with Gasteiger partial charge in [0.15, 0.2) is 0 Å². The second kappa shape index (κ2) is 6.55. The molecule has 1 atom stereocenters. The molecule has 1 aromatic rings. The van der Waals surface area contributed by atoms with Crippen molar-refractivity contribution in [3.05, 3.63) is 28.2 Å². The van der Waals surface area contributed by atoms with Crippen LogP contribution in [-0.2, 0) is 0 Å². The molecular weight excluding hydrogens is 292 g/mol. The number of hydrogen-bond acceptors (Lipinski definition) is 3. The van der Waals surface area contributed by atoms with Crippen LogP contribution in [0.5, 0.6) is 0 Å². The fraction of sp³-hybridized carbons (Fsp3) is 0.571. The first-order valence-electron chi connectivity index (χ1n) is 6.55. The molecule has 0 aromatic heterocycles. The number of hydrogen-bond donors (Lipinski definition) is 2. The number of aryl methyl sites for hydroxylation is 1. The lowest BCUT2D eigenvalue weighted by atomic mass is 10.2. The van der Waals surface area contributed by atoms with E-state index in [4.69, 9.17) is 0 Å². The molecule has 1 heterocycles. The average Bonchev–Trinajstić information content (AvgIpc) is 2.80. The maximum absolute atomic E-state index is 10.00. The summed E-state index contributed by atoms with van der Waals surface area (Å²) in [6, 6.07) is 6.19. The molecule has 1 saturated heterocycles. The van der Waals surface area contributed by atoms with Crippen molar-refractivity contribution in [1.29, 1.82) is 0 Å². The van der Waals surface area contributed by atoms with Crippen molar-refractivity contribution >= 4 is 21.6 Å². The molecule has 2 N–H and O–H groups in total. The highest BCUT2D eigenvalue weighted by molar-refractivity contribution is 9.10. The Morgan fingerprint density at radius 2 is 2.11 bits per heavy atom. The summed E-state index contributed by atoms with van der Waals surface area (Å²) in [7, 11) is 0. The summed E-state index contributed by atoms with van der Waals surface area (Å²) in [5.41, 5.74) is 2.27. The molecule has 0 aliphatic carbocycles. The lowest BCUT2D eigenvalue weighted by molar-refractivity contribution is 0.135. The minimum atomic E-state index is -0.309. The van der Waals surface area contributed by atoms with E-state index in [1.54, 1.807) is 0 Å². The molecule has 0 saturated carbocycles. The summed E-state index contributed by atoms with van der Waals surface area (Å²) in [5, 5.41) is 13.3. The van der Waals surface area contributed by atoms with Crippen LogP contribution in [0, 0.1) is 6.92 Å². The van der Waals surface area contributed by atoms with Crippen molar-refractivity contribution in [2.75, 3.05) is 31.5 Å². The van der Waals surface area contributed by atoms with Crippen LogP contribution < -0.4 is 5.32 Å². The van der Waals surface area contributed by atoms with E-state index in [2.05, 4.69) is 45.2 Å². The molecule has 0 bridgehead atoms. The summed E-state index contributed by atoms with van der Waals surface area (Å²) in [5.74, 6) is 0. The van der Waals surface area contributed by atoms with Crippen LogP contribution in [0.4, 0.5) is 5.69 Å².